The highest BCUT2D eigenvalue weighted by Crippen LogP contribution is 2.30. The number of piperidine rings is 1. The SMILES string of the molecule is Cc1nc2ccc(-c3ccn4nc(N[C@H]5CCN(C6(C#N)COC6)C[C@H]5F)ncc34)nc2n1CC(F)F. The van der Waals surface area contributed by atoms with Crippen LogP contribution in [0.2, 0.25) is 0 Å². The van der Waals surface area contributed by atoms with Gasteiger partial charge in [-0.15, -0.1) is 5.10 Å². The van der Waals surface area contributed by atoms with Gasteiger partial charge in [-0.1, -0.05) is 0 Å². The van der Waals surface area contributed by atoms with Crippen LogP contribution < -0.4 is 5.32 Å². The monoisotopic (exact) mass is 511 g/mol. The molecule has 2 aliphatic heterocycles. The quantitative estimate of drug-likeness (QED) is 0.421. The number of nitrogens with zero attached hydrogens (tertiary/aromatic N) is 8. The zero-order valence-corrected chi connectivity index (χ0v) is 20.0. The van der Waals surface area contributed by atoms with Gasteiger partial charge in [0, 0.05) is 24.8 Å². The third-order valence-electron chi connectivity index (χ3n) is 7.15. The lowest BCUT2D eigenvalue weighted by atomic mass is 9.92. The maximum absolute atomic E-state index is 15.0. The van der Waals surface area contributed by atoms with Crippen LogP contribution in [0.4, 0.5) is 19.1 Å². The average molecular weight is 512 g/mol. The van der Waals surface area contributed by atoms with Crippen molar-refractivity contribution in [1.82, 2.24) is 34.0 Å². The summed E-state index contributed by atoms with van der Waals surface area (Å²) < 4.78 is 49.4. The van der Waals surface area contributed by atoms with Gasteiger partial charge in [-0.25, -0.2) is 32.6 Å². The third-order valence-corrected chi connectivity index (χ3v) is 7.15. The molecule has 10 nitrogen and oxygen atoms in total. The van der Waals surface area contributed by atoms with Crippen molar-refractivity contribution >= 4 is 22.6 Å². The smallest absolute Gasteiger partial charge is 0.256 e. The Bertz CT molecular complexity index is 1510. The van der Waals surface area contributed by atoms with E-state index in [9.17, 15) is 14.0 Å². The van der Waals surface area contributed by atoms with E-state index in [0.717, 1.165) is 5.56 Å². The summed E-state index contributed by atoms with van der Waals surface area (Å²) in [6.07, 6.45) is 0.146. The van der Waals surface area contributed by atoms with Crippen LogP contribution in [0.15, 0.2) is 30.6 Å². The number of fused-ring (bicyclic) bond motifs is 2. The zero-order chi connectivity index (χ0) is 25.7. The van der Waals surface area contributed by atoms with Crippen molar-refractivity contribution in [3.63, 3.8) is 0 Å². The molecule has 4 aromatic rings. The topological polar surface area (TPSA) is 109 Å². The van der Waals surface area contributed by atoms with E-state index in [2.05, 4.69) is 31.4 Å². The summed E-state index contributed by atoms with van der Waals surface area (Å²) >= 11 is 0. The Kier molecular flexibility index (Phi) is 5.73. The van der Waals surface area contributed by atoms with Crippen molar-refractivity contribution in [2.45, 2.75) is 44.1 Å². The van der Waals surface area contributed by atoms with E-state index in [0.29, 0.717) is 54.4 Å². The molecule has 0 radical (unpaired) electrons. The second kappa shape index (κ2) is 8.97. The Balaban J connectivity index is 1.22. The van der Waals surface area contributed by atoms with Crippen LogP contribution in [-0.2, 0) is 11.3 Å². The van der Waals surface area contributed by atoms with E-state index in [4.69, 9.17) is 4.74 Å². The Hall–Kier alpha value is -3.76. The molecule has 6 rings (SSSR count). The molecule has 2 fully saturated rings. The van der Waals surface area contributed by atoms with Crippen LogP contribution in [0.25, 0.3) is 27.9 Å². The van der Waals surface area contributed by atoms with Crippen molar-refractivity contribution in [3.05, 3.63) is 36.4 Å². The normalized spacial score (nSPS) is 21.8. The second-order valence-corrected chi connectivity index (χ2v) is 9.48. The van der Waals surface area contributed by atoms with Crippen LogP contribution in [0.1, 0.15) is 12.2 Å². The lowest BCUT2D eigenvalue weighted by molar-refractivity contribution is -0.121. The zero-order valence-electron chi connectivity index (χ0n) is 20.0. The van der Waals surface area contributed by atoms with Crippen molar-refractivity contribution in [1.29, 1.82) is 5.26 Å². The van der Waals surface area contributed by atoms with Gasteiger partial charge in [0.1, 0.15) is 17.5 Å². The minimum atomic E-state index is -2.52. The molecule has 0 aliphatic carbocycles. The van der Waals surface area contributed by atoms with E-state index in [-0.39, 0.29) is 12.5 Å². The summed E-state index contributed by atoms with van der Waals surface area (Å²) in [4.78, 5) is 15.2. The standard InChI is InChI=1S/C24H24F3N9O/c1-14-30-19-3-2-17(31-22(19)35(14)10-21(26)27)15-4-7-36-20(15)8-29-23(33-36)32-18-5-6-34(9-16(18)25)24(11-28)12-37-13-24/h2-4,7-8,16,18,21H,5-6,9-10,12-13H2,1H3,(H,32,33)/t16-,18+/m1/s1. The number of aryl methyl sites for hydroxylation is 1. The molecule has 6 heterocycles. The highest BCUT2D eigenvalue weighted by molar-refractivity contribution is 5.82. The van der Waals surface area contributed by atoms with E-state index < -0.39 is 30.7 Å². The fourth-order valence-corrected chi connectivity index (χ4v) is 5.04. The summed E-state index contributed by atoms with van der Waals surface area (Å²) in [5.74, 6) is 0.758. The molecule has 0 spiro atoms. The molecule has 2 saturated heterocycles. The van der Waals surface area contributed by atoms with E-state index in [1.165, 1.54) is 4.57 Å². The van der Waals surface area contributed by atoms with Crippen molar-refractivity contribution in [2.75, 3.05) is 31.6 Å². The first-order valence-electron chi connectivity index (χ1n) is 12.0. The van der Waals surface area contributed by atoms with E-state index >= 15 is 4.39 Å². The number of hydrogen-bond donors (Lipinski definition) is 1. The lowest BCUT2D eigenvalue weighted by Crippen LogP contribution is -2.65. The van der Waals surface area contributed by atoms with Gasteiger partial charge in [0.15, 0.2) is 11.2 Å². The first-order valence-corrected chi connectivity index (χ1v) is 12.0. The molecular formula is C24H24F3N9O. The van der Waals surface area contributed by atoms with E-state index in [1.807, 2.05) is 11.0 Å². The van der Waals surface area contributed by atoms with Crippen LogP contribution >= 0.6 is 0 Å². The number of alkyl halides is 3. The molecular weight excluding hydrogens is 487 g/mol. The van der Waals surface area contributed by atoms with Crippen molar-refractivity contribution < 1.29 is 17.9 Å². The summed E-state index contributed by atoms with van der Waals surface area (Å²) in [5, 5.41) is 17.1. The number of imidazole rings is 1. The molecule has 192 valence electrons. The van der Waals surface area contributed by atoms with Gasteiger partial charge in [-0.3, -0.25) is 4.90 Å². The first-order chi connectivity index (χ1) is 17.9. The highest BCUT2D eigenvalue weighted by Gasteiger charge is 2.47. The highest BCUT2D eigenvalue weighted by atomic mass is 19.3. The largest absolute Gasteiger partial charge is 0.375 e. The molecule has 37 heavy (non-hydrogen) atoms. The number of aromatic nitrogens is 6. The summed E-state index contributed by atoms with van der Waals surface area (Å²) in [6.45, 7) is 2.52. The summed E-state index contributed by atoms with van der Waals surface area (Å²) in [5.41, 5.74) is 2.20. The van der Waals surface area contributed by atoms with Gasteiger partial charge < -0.3 is 14.6 Å². The van der Waals surface area contributed by atoms with Gasteiger partial charge in [-0.05, 0) is 31.5 Å². The predicted molar refractivity (Wildman–Crippen MR) is 128 cm³/mol. The third kappa shape index (κ3) is 4.06. The van der Waals surface area contributed by atoms with Gasteiger partial charge in [0.2, 0.25) is 5.95 Å². The Morgan fingerprint density at radius 2 is 2.11 bits per heavy atom. The predicted octanol–water partition coefficient (Wildman–Crippen LogP) is 2.83. The van der Waals surface area contributed by atoms with Gasteiger partial charge >= 0.3 is 0 Å². The Morgan fingerprint density at radius 3 is 2.81 bits per heavy atom. The average Bonchev–Trinajstić information content (AvgIpc) is 3.40. The maximum atomic E-state index is 15.0. The summed E-state index contributed by atoms with van der Waals surface area (Å²) in [6, 6.07) is 7.15. The molecule has 0 bridgehead atoms. The number of rotatable bonds is 6. The fourth-order valence-electron chi connectivity index (χ4n) is 5.04. The molecule has 13 heteroatoms. The van der Waals surface area contributed by atoms with Crippen LogP contribution in [0, 0.1) is 18.3 Å². The van der Waals surface area contributed by atoms with Gasteiger partial charge in [0.25, 0.3) is 6.43 Å². The van der Waals surface area contributed by atoms with Crippen LogP contribution in [0.3, 0.4) is 0 Å². The number of likely N-dealkylation sites (tertiary alicyclic amines) is 1. The van der Waals surface area contributed by atoms with Crippen molar-refractivity contribution in [3.8, 4) is 17.3 Å². The van der Waals surface area contributed by atoms with Crippen LogP contribution in [0.5, 0.6) is 0 Å². The molecule has 0 saturated carbocycles. The molecule has 0 aromatic carbocycles. The minimum Gasteiger partial charge on any atom is -0.375 e. The molecule has 2 aliphatic rings. The number of anilines is 1. The molecule has 0 amide bonds. The number of pyridine rings is 1. The molecule has 1 N–H and O–H groups in total. The molecule has 4 aromatic heterocycles. The van der Waals surface area contributed by atoms with Crippen LogP contribution in [-0.4, -0.2) is 84.5 Å². The number of nitrogens with one attached hydrogen (secondary N) is 1. The second-order valence-electron chi connectivity index (χ2n) is 9.48. The number of halogens is 3. The summed E-state index contributed by atoms with van der Waals surface area (Å²) in [7, 11) is 0. The lowest BCUT2D eigenvalue weighted by Gasteiger charge is -2.48. The number of ether oxygens (including phenoxy) is 1. The molecule has 2 atom stereocenters. The van der Waals surface area contributed by atoms with Gasteiger partial charge in [0.05, 0.1) is 49.3 Å². The first kappa shape index (κ1) is 23.6. The maximum Gasteiger partial charge on any atom is 0.256 e. The van der Waals surface area contributed by atoms with Crippen molar-refractivity contribution in [2.24, 2.45) is 0 Å². The van der Waals surface area contributed by atoms with Gasteiger partial charge in [-0.2, -0.15) is 5.26 Å². The number of hydrogen-bond acceptors (Lipinski definition) is 8. The fraction of sp³-hybridized carbons (Fsp3) is 0.458. The molecule has 0 unspecified atom stereocenters. The Labute approximate surface area is 209 Å². The Morgan fingerprint density at radius 1 is 1.27 bits per heavy atom. The number of nitriles is 1. The van der Waals surface area contributed by atoms with E-state index in [1.54, 1.807) is 36.0 Å². The minimum absolute atomic E-state index is 0.139.